The first kappa shape index (κ1) is 11.2. The number of rotatable bonds is 3. The fraction of sp³-hybridized carbons (Fsp3) is 0.167. The van der Waals surface area contributed by atoms with Gasteiger partial charge in [0.1, 0.15) is 17.1 Å². The number of nitrogen functional groups attached to an aromatic ring is 1. The maximum Gasteiger partial charge on any atom is 0.341 e. The summed E-state index contributed by atoms with van der Waals surface area (Å²) >= 11 is 0. The van der Waals surface area contributed by atoms with Crippen molar-refractivity contribution in [3.05, 3.63) is 36.1 Å². The second-order valence-electron chi connectivity index (χ2n) is 3.33. The minimum Gasteiger partial charge on any atom is -0.463 e. The maximum atomic E-state index is 11.5. The van der Waals surface area contributed by atoms with Gasteiger partial charge in [-0.3, -0.25) is 0 Å². The van der Waals surface area contributed by atoms with E-state index < -0.39 is 5.97 Å². The molecule has 2 rings (SSSR count). The SMILES string of the molecule is CCOC(=O)c1ccc(-c2ccco2)nc1N. The fourth-order valence-corrected chi connectivity index (χ4v) is 1.42. The number of carbonyl (C=O) groups excluding carboxylic acids is 1. The summed E-state index contributed by atoms with van der Waals surface area (Å²) in [5, 5.41) is 0. The van der Waals surface area contributed by atoms with Crippen molar-refractivity contribution < 1.29 is 13.9 Å². The van der Waals surface area contributed by atoms with Crippen LogP contribution in [-0.2, 0) is 4.74 Å². The molecular formula is C12H12N2O3. The minimum absolute atomic E-state index is 0.136. The monoisotopic (exact) mass is 232 g/mol. The van der Waals surface area contributed by atoms with E-state index in [-0.39, 0.29) is 11.4 Å². The van der Waals surface area contributed by atoms with Crippen LogP contribution in [0.5, 0.6) is 0 Å². The zero-order valence-corrected chi connectivity index (χ0v) is 9.34. The van der Waals surface area contributed by atoms with Gasteiger partial charge in [0.2, 0.25) is 0 Å². The number of aromatic nitrogens is 1. The quantitative estimate of drug-likeness (QED) is 0.820. The molecule has 2 aromatic heterocycles. The Morgan fingerprint density at radius 3 is 2.88 bits per heavy atom. The van der Waals surface area contributed by atoms with Crippen LogP contribution in [0.2, 0.25) is 0 Å². The molecule has 5 nitrogen and oxygen atoms in total. The van der Waals surface area contributed by atoms with Gasteiger partial charge in [0.25, 0.3) is 0 Å². The third kappa shape index (κ3) is 2.28. The van der Waals surface area contributed by atoms with Crippen LogP contribution in [0.3, 0.4) is 0 Å². The molecule has 5 heteroatoms. The van der Waals surface area contributed by atoms with Crippen molar-refractivity contribution >= 4 is 11.8 Å². The van der Waals surface area contributed by atoms with Gasteiger partial charge >= 0.3 is 5.97 Å². The third-order valence-corrected chi connectivity index (χ3v) is 2.19. The molecule has 0 fully saturated rings. The molecule has 2 aromatic rings. The lowest BCUT2D eigenvalue weighted by atomic mass is 10.2. The molecule has 0 spiro atoms. The molecule has 2 N–H and O–H groups in total. The van der Waals surface area contributed by atoms with Crippen LogP contribution in [0.4, 0.5) is 5.82 Å². The summed E-state index contributed by atoms with van der Waals surface area (Å²) < 4.78 is 10.0. The standard InChI is InChI=1S/C12H12N2O3/c1-2-16-12(15)8-5-6-9(14-11(8)13)10-4-3-7-17-10/h3-7H,2H2,1H3,(H2,13,14). The molecule has 2 heterocycles. The van der Waals surface area contributed by atoms with Crippen molar-refractivity contribution in [1.82, 2.24) is 4.98 Å². The summed E-state index contributed by atoms with van der Waals surface area (Å²) in [7, 11) is 0. The molecule has 0 amide bonds. The van der Waals surface area contributed by atoms with Gasteiger partial charge in [-0.15, -0.1) is 0 Å². The number of hydrogen-bond donors (Lipinski definition) is 1. The van der Waals surface area contributed by atoms with E-state index in [1.54, 1.807) is 37.5 Å². The first-order chi connectivity index (χ1) is 8.22. The Hall–Kier alpha value is -2.30. The number of anilines is 1. The molecule has 0 aliphatic heterocycles. The van der Waals surface area contributed by atoms with Gasteiger partial charge in [0.15, 0.2) is 5.76 Å². The lowest BCUT2D eigenvalue weighted by Gasteiger charge is -2.05. The third-order valence-electron chi connectivity index (χ3n) is 2.19. The Balaban J connectivity index is 2.32. The molecule has 88 valence electrons. The molecule has 0 aromatic carbocycles. The Bertz CT molecular complexity index is 521. The first-order valence-corrected chi connectivity index (χ1v) is 5.20. The number of ether oxygens (including phenoxy) is 1. The predicted octanol–water partition coefficient (Wildman–Crippen LogP) is 2.10. The molecule has 0 saturated carbocycles. The van der Waals surface area contributed by atoms with E-state index in [0.717, 1.165) is 0 Å². The molecule has 0 saturated heterocycles. The van der Waals surface area contributed by atoms with E-state index in [1.165, 1.54) is 0 Å². The summed E-state index contributed by atoms with van der Waals surface area (Å²) in [4.78, 5) is 15.6. The second-order valence-corrected chi connectivity index (χ2v) is 3.33. The number of hydrogen-bond acceptors (Lipinski definition) is 5. The van der Waals surface area contributed by atoms with Crippen LogP contribution in [0.15, 0.2) is 34.9 Å². The van der Waals surface area contributed by atoms with E-state index >= 15 is 0 Å². The maximum absolute atomic E-state index is 11.5. The van der Waals surface area contributed by atoms with Gasteiger partial charge < -0.3 is 14.9 Å². The second kappa shape index (κ2) is 4.69. The number of nitrogens with two attached hydrogens (primary N) is 1. The van der Waals surface area contributed by atoms with Crippen molar-refractivity contribution in [2.45, 2.75) is 6.92 Å². The van der Waals surface area contributed by atoms with Crippen molar-refractivity contribution in [2.24, 2.45) is 0 Å². The molecule has 0 aliphatic carbocycles. The fourth-order valence-electron chi connectivity index (χ4n) is 1.42. The highest BCUT2D eigenvalue weighted by Crippen LogP contribution is 2.21. The number of nitrogens with zero attached hydrogens (tertiary/aromatic N) is 1. The summed E-state index contributed by atoms with van der Waals surface area (Å²) in [6.45, 7) is 2.04. The van der Waals surface area contributed by atoms with Crippen LogP contribution in [-0.4, -0.2) is 17.6 Å². The van der Waals surface area contributed by atoms with E-state index in [2.05, 4.69) is 4.98 Å². The Morgan fingerprint density at radius 1 is 1.47 bits per heavy atom. The molecule has 0 bridgehead atoms. The lowest BCUT2D eigenvalue weighted by Crippen LogP contribution is -2.09. The lowest BCUT2D eigenvalue weighted by molar-refractivity contribution is 0.0527. The summed E-state index contributed by atoms with van der Waals surface area (Å²) in [6, 6.07) is 6.78. The Kier molecular flexibility index (Phi) is 3.09. The van der Waals surface area contributed by atoms with E-state index in [9.17, 15) is 4.79 Å². The van der Waals surface area contributed by atoms with E-state index in [1.807, 2.05) is 0 Å². The number of pyridine rings is 1. The average Bonchev–Trinajstić information content (AvgIpc) is 2.82. The summed E-state index contributed by atoms with van der Waals surface area (Å²) in [5.41, 5.74) is 6.55. The van der Waals surface area contributed by atoms with Gasteiger partial charge in [-0.25, -0.2) is 9.78 Å². The van der Waals surface area contributed by atoms with Crippen LogP contribution in [0.25, 0.3) is 11.5 Å². The molecule has 0 radical (unpaired) electrons. The minimum atomic E-state index is -0.469. The van der Waals surface area contributed by atoms with Gasteiger partial charge in [-0.1, -0.05) is 0 Å². The normalized spacial score (nSPS) is 10.2. The molecule has 17 heavy (non-hydrogen) atoms. The largest absolute Gasteiger partial charge is 0.463 e. The van der Waals surface area contributed by atoms with Gasteiger partial charge in [0.05, 0.1) is 12.9 Å². The zero-order chi connectivity index (χ0) is 12.3. The molecule has 0 aliphatic rings. The van der Waals surface area contributed by atoms with Crippen molar-refractivity contribution in [3.8, 4) is 11.5 Å². The van der Waals surface area contributed by atoms with Crippen molar-refractivity contribution in [3.63, 3.8) is 0 Å². The average molecular weight is 232 g/mol. The first-order valence-electron chi connectivity index (χ1n) is 5.20. The van der Waals surface area contributed by atoms with Crippen LogP contribution in [0, 0.1) is 0 Å². The summed E-state index contributed by atoms with van der Waals surface area (Å²) in [5.74, 6) is 0.271. The summed E-state index contributed by atoms with van der Waals surface area (Å²) in [6.07, 6.45) is 1.55. The highest BCUT2D eigenvalue weighted by Gasteiger charge is 2.13. The topological polar surface area (TPSA) is 78.3 Å². The van der Waals surface area contributed by atoms with Gasteiger partial charge in [-0.05, 0) is 31.2 Å². The molecule has 0 atom stereocenters. The number of furan rings is 1. The Morgan fingerprint density at radius 2 is 2.29 bits per heavy atom. The highest BCUT2D eigenvalue weighted by molar-refractivity contribution is 5.94. The predicted molar refractivity (Wildman–Crippen MR) is 62.3 cm³/mol. The smallest absolute Gasteiger partial charge is 0.341 e. The van der Waals surface area contributed by atoms with Crippen LogP contribution >= 0.6 is 0 Å². The number of carbonyl (C=O) groups is 1. The van der Waals surface area contributed by atoms with E-state index in [4.69, 9.17) is 14.9 Å². The molecule has 0 unspecified atom stereocenters. The van der Waals surface area contributed by atoms with Crippen LogP contribution < -0.4 is 5.73 Å². The van der Waals surface area contributed by atoms with Crippen LogP contribution in [0.1, 0.15) is 17.3 Å². The van der Waals surface area contributed by atoms with Gasteiger partial charge in [0, 0.05) is 0 Å². The van der Waals surface area contributed by atoms with Crippen molar-refractivity contribution in [1.29, 1.82) is 0 Å². The highest BCUT2D eigenvalue weighted by atomic mass is 16.5. The zero-order valence-electron chi connectivity index (χ0n) is 9.34. The number of esters is 1. The Labute approximate surface area is 98.2 Å². The van der Waals surface area contributed by atoms with Crippen molar-refractivity contribution in [2.75, 3.05) is 12.3 Å². The molecular weight excluding hydrogens is 220 g/mol. The van der Waals surface area contributed by atoms with E-state index in [0.29, 0.717) is 18.1 Å². The van der Waals surface area contributed by atoms with Gasteiger partial charge in [-0.2, -0.15) is 0 Å².